The van der Waals surface area contributed by atoms with Gasteiger partial charge < -0.3 is 14.3 Å². The standard InChI is InChI=1S/C17H11ClFNO3/c18-12-5-1-10(2-6-12)16-14(9-15(21)22)20-17(23-16)11-3-7-13(19)8-4-11/h1-8H,9H2,(H,21,22)/p-1. The molecule has 116 valence electrons. The monoisotopic (exact) mass is 330 g/mol. The fourth-order valence-corrected chi connectivity index (χ4v) is 2.28. The molecule has 1 heterocycles. The van der Waals surface area contributed by atoms with E-state index in [0.717, 1.165) is 0 Å². The summed E-state index contributed by atoms with van der Waals surface area (Å²) in [5, 5.41) is 11.5. The van der Waals surface area contributed by atoms with E-state index in [2.05, 4.69) is 4.98 Å². The van der Waals surface area contributed by atoms with E-state index in [4.69, 9.17) is 16.0 Å². The summed E-state index contributed by atoms with van der Waals surface area (Å²) in [4.78, 5) is 15.1. The van der Waals surface area contributed by atoms with E-state index in [9.17, 15) is 14.3 Å². The first-order valence-electron chi connectivity index (χ1n) is 6.74. The number of hydrogen-bond acceptors (Lipinski definition) is 4. The molecular formula is C17H10ClFNO3-. The predicted molar refractivity (Wildman–Crippen MR) is 81.1 cm³/mol. The Balaban J connectivity index is 2.08. The minimum absolute atomic E-state index is 0.214. The van der Waals surface area contributed by atoms with Crippen LogP contribution in [0.15, 0.2) is 52.9 Å². The molecule has 0 N–H and O–H groups in total. The first-order chi connectivity index (χ1) is 11.0. The number of nitrogens with zero attached hydrogens (tertiary/aromatic N) is 1. The van der Waals surface area contributed by atoms with E-state index in [1.807, 2.05) is 0 Å². The van der Waals surface area contributed by atoms with Crippen LogP contribution in [0.4, 0.5) is 4.39 Å². The molecular weight excluding hydrogens is 321 g/mol. The Bertz CT molecular complexity index is 841. The maximum atomic E-state index is 13.0. The van der Waals surface area contributed by atoms with Crippen molar-refractivity contribution in [3.63, 3.8) is 0 Å². The lowest BCUT2D eigenvalue weighted by atomic mass is 10.1. The zero-order chi connectivity index (χ0) is 16.4. The van der Waals surface area contributed by atoms with Gasteiger partial charge in [0, 0.05) is 28.5 Å². The summed E-state index contributed by atoms with van der Waals surface area (Å²) in [7, 11) is 0. The molecule has 0 aliphatic heterocycles. The lowest BCUT2D eigenvalue weighted by Gasteiger charge is -2.02. The van der Waals surface area contributed by atoms with Crippen LogP contribution in [-0.4, -0.2) is 11.0 Å². The van der Waals surface area contributed by atoms with Crippen molar-refractivity contribution in [2.45, 2.75) is 6.42 Å². The van der Waals surface area contributed by atoms with Crippen LogP contribution in [0.3, 0.4) is 0 Å². The highest BCUT2D eigenvalue weighted by Gasteiger charge is 2.16. The van der Waals surface area contributed by atoms with Gasteiger partial charge in [-0.25, -0.2) is 9.37 Å². The normalized spacial score (nSPS) is 10.7. The number of hydrogen-bond donors (Lipinski definition) is 0. The van der Waals surface area contributed by atoms with E-state index in [0.29, 0.717) is 21.9 Å². The fraction of sp³-hybridized carbons (Fsp3) is 0.0588. The summed E-state index contributed by atoms with van der Waals surface area (Å²) in [5.41, 5.74) is 1.43. The van der Waals surface area contributed by atoms with Crippen LogP contribution in [0.25, 0.3) is 22.8 Å². The molecule has 0 saturated carbocycles. The van der Waals surface area contributed by atoms with Gasteiger partial charge in [0.25, 0.3) is 0 Å². The number of carboxylic acids is 1. The number of aliphatic carboxylic acids is 1. The second-order valence-corrected chi connectivity index (χ2v) is 5.29. The molecule has 6 heteroatoms. The molecule has 0 aliphatic carbocycles. The molecule has 0 bridgehead atoms. The Hall–Kier alpha value is -2.66. The second-order valence-electron chi connectivity index (χ2n) is 4.86. The maximum Gasteiger partial charge on any atom is 0.227 e. The van der Waals surface area contributed by atoms with Gasteiger partial charge in [0.1, 0.15) is 5.82 Å². The topological polar surface area (TPSA) is 66.2 Å². The van der Waals surface area contributed by atoms with E-state index in [1.165, 1.54) is 24.3 Å². The third-order valence-electron chi connectivity index (χ3n) is 3.21. The minimum atomic E-state index is -1.26. The molecule has 0 unspecified atom stereocenters. The number of carbonyl (C=O) groups excluding carboxylic acids is 1. The summed E-state index contributed by atoms with van der Waals surface area (Å²) in [5.74, 6) is -1.11. The van der Waals surface area contributed by atoms with E-state index in [-0.39, 0.29) is 23.8 Å². The van der Waals surface area contributed by atoms with Gasteiger partial charge in [-0.15, -0.1) is 0 Å². The van der Waals surface area contributed by atoms with Crippen LogP contribution in [0.1, 0.15) is 5.69 Å². The molecule has 0 radical (unpaired) electrons. The number of halogens is 2. The predicted octanol–water partition coefficient (Wildman–Crippen LogP) is 3.09. The van der Waals surface area contributed by atoms with Crippen molar-refractivity contribution in [3.05, 3.63) is 65.1 Å². The van der Waals surface area contributed by atoms with Crippen LogP contribution in [0.5, 0.6) is 0 Å². The second kappa shape index (κ2) is 6.22. The quantitative estimate of drug-likeness (QED) is 0.737. The molecule has 0 amide bonds. The summed E-state index contributed by atoms with van der Waals surface area (Å²) >= 11 is 5.85. The number of rotatable bonds is 4. The van der Waals surface area contributed by atoms with Crippen molar-refractivity contribution >= 4 is 17.6 Å². The van der Waals surface area contributed by atoms with Gasteiger partial charge in [-0.2, -0.15) is 0 Å². The number of carbonyl (C=O) groups is 1. The maximum absolute atomic E-state index is 13.0. The highest BCUT2D eigenvalue weighted by molar-refractivity contribution is 6.30. The molecule has 23 heavy (non-hydrogen) atoms. The van der Waals surface area contributed by atoms with Gasteiger partial charge in [0.05, 0.1) is 5.69 Å². The van der Waals surface area contributed by atoms with E-state index < -0.39 is 5.97 Å². The lowest BCUT2D eigenvalue weighted by Crippen LogP contribution is -2.24. The molecule has 3 rings (SSSR count). The van der Waals surface area contributed by atoms with E-state index in [1.54, 1.807) is 24.3 Å². The van der Waals surface area contributed by atoms with Crippen molar-refractivity contribution in [1.82, 2.24) is 4.98 Å². The summed E-state index contributed by atoms with van der Waals surface area (Å²) < 4.78 is 18.7. The summed E-state index contributed by atoms with van der Waals surface area (Å²) in [6, 6.07) is 12.3. The Labute approximate surface area is 136 Å². The van der Waals surface area contributed by atoms with Gasteiger partial charge in [0.2, 0.25) is 5.89 Å². The van der Waals surface area contributed by atoms with Crippen molar-refractivity contribution in [3.8, 4) is 22.8 Å². The van der Waals surface area contributed by atoms with Crippen molar-refractivity contribution in [2.75, 3.05) is 0 Å². The Kier molecular flexibility index (Phi) is 4.12. The van der Waals surface area contributed by atoms with Crippen LogP contribution in [0, 0.1) is 5.82 Å². The van der Waals surface area contributed by atoms with Gasteiger partial charge in [0.15, 0.2) is 5.76 Å². The first kappa shape index (κ1) is 15.2. The summed E-state index contributed by atoms with van der Waals surface area (Å²) in [6.45, 7) is 0. The van der Waals surface area contributed by atoms with Crippen LogP contribution in [-0.2, 0) is 11.2 Å². The van der Waals surface area contributed by atoms with Gasteiger partial charge >= 0.3 is 0 Å². The Morgan fingerprint density at radius 1 is 1.09 bits per heavy atom. The number of carboxylic acid groups (broad SMARTS) is 1. The minimum Gasteiger partial charge on any atom is -0.550 e. The van der Waals surface area contributed by atoms with Crippen LogP contribution in [0.2, 0.25) is 5.02 Å². The molecule has 4 nitrogen and oxygen atoms in total. The lowest BCUT2D eigenvalue weighted by molar-refractivity contribution is -0.304. The Morgan fingerprint density at radius 2 is 1.70 bits per heavy atom. The SMILES string of the molecule is O=C([O-])Cc1nc(-c2ccc(F)cc2)oc1-c1ccc(Cl)cc1. The molecule has 0 spiro atoms. The van der Waals surface area contributed by atoms with Crippen LogP contribution < -0.4 is 5.11 Å². The molecule has 0 atom stereocenters. The summed E-state index contributed by atoms with van der Waals surface area (Å²) in [6.07, 6.45) is -0.386. The Morgan fingerprint density at radius 3 is 2.30 bits per heavy atom. The third-order valence-corrected chi connectivity index (χ3v) is 3.46. The molecule has 3 aromatic rings. The smallest absolute Gasteiger partial charge is 0.227 e. The van der Waals surface area contributed by atoms with Crippen LogP contribution >= 0.6 is 11.6 Å². The molecule has 2 aromatic carbocycles. The highest BCUT2D eigenvalue weighted by Crippen LogP contribution is 2.31. The van der Waals surface area contributed by atoms with Gasteiger partial charge in [-0.05, 0) is 48.5 Å². The third kappa shape index (κ3) is 3.40. The van der Waals surface area contributed by atoms with E-state index >= 15 is 0 Å². The molecule has 0 fully saturated rings. The first-order valence-corrected chi connectivity index (χ1v) is 7.12. The van der Waals surface area contributed by atoms with Crippen molar-refractivity contribution < 1.29 is 18.7 Å². The average Bonchev–Trinajstić information content (AvgIpc) is 2.92. The zero-order valence-electron chi connectivity index (χ0n) is 11.8. The molecule has 0 aliphatic rings. The van der Waals surface area contributed by atoms with Crippen molar-refractivity contribution in [2.24, 2.45) is 0 Å². The number of aromatic nitrogens is 1. The van der Waals surface area contributed by atoms with Gasteiger partial charge in [-0.1, -0.05) is 11.6 Å². The van der Waals surface area contributed by atoms with Gasteiger partial charge in [-0.3, -0.25) is 0 Å². The number of benzene rings is 2. The highest BCUT2D eigenvalue weighted by atomic mass is 35.5. The van der Waals surface area contributed by atoms with Crippen molar-refractivity contribution in [1.29, 1.82) is 0 Å². The zero-order valence-corrected chi connectivity index (χ0v) is 12.5. The molecule has 0 saturated heterocycles. The molecule has 1 aromatic heterocycles. The largest absolute Gasteiger partial charge is 0.550 e. The number of oxazole rings is 1. The fourth-order valence-electron chi connectivity index (χ4n) is 2.15. The average molecular weight is 331 g/mol.